The molecule has 1 aliphatic carbocycles. The Balaban J connectivity index is 1.91. The van der Waals surface area contributed by atoms with Crippen LogP contribution in [0.15, 0.2) is 46.2 Å². The van der Waals surface area contributed by atoms with Gasteiger partial charge in [0.15, 0.2) is 0 Å². The van der Waals surface area contributed by atoms with Gasteiger partial charge in [-0.15, -0.1) is 11.8 Å². The maximum absolute atomic E-state index is 12.6. The molecule has 0 unspecified atom stereocenters. The van der Waals surface area contributed by atoms with Crippen LogP contribution in [0.2, 0.25) is 10.0 Å². The first-order valence-electron chi connectivity index (χ1n) is 7.77. The zero-order valence-corrected chi connectivity index (χ0v) is 16.9. The van der Waals surface area contributed by atoms with Gasteiger partial charge in [-0.2, -0.15) is 0 Å². The molecule has 0 saturated heterocycles. The number of anilines is 1. The summed E-state index contributed by atoms with van der Waals surface area (Å²) in [4.78, 5) is 13.4. The largest absolute Gasteiger partial charge is 0.322 e. The molecule has 1 amide bonds. The van der Waals surface area contributed by atoms with Crippen LogP contribution in [0.4, 0.5) is 5.69 Å². The Labute approximate surface area is 166 Å². The van der Waals surface area contributed by atoms with Crippen LogP contribution in [0, 0.1) is 0 Å². The van der Waals surface area contributed by atoms with Crippen LogP contribution in [-0.2, 0) is 10.0 Å². The van der Waals surface area contributed by atoms with Crippen LogP contribution in [0.25, 0.3) is 0 Å². The maximum atomic E-state index is 12.6. The Morgan fingerprint density at radius 1 is 1.15 bits per heavy atom. The first-order valence-corrected chi connectivity index (χ1v) is 11.2. The van der Waals surface area contributed by atoms with E-state index in [0.717, 1.165) is 17.7 Å². The average molecular weight is 431 g/mol. The lowest BCUT2D eigenvalue weighted by Crippen LogP contribution is -2.26. The number of rotatable bonds is 6. The number of hydrogen-bond donors (Lipinski definition) is 2. The molecule has 0 heterocycles. The van der Waals surface area contributed by atoms with E-state index in [-0.39, 0.29) is 26.5 Å². The fraction of sp³-hybridized carbons (Fsp3) is 0.235. The fourth-order valence-electron chi connectivity index (χ4n) is 2.29. The zero-order valence-electron chi connectivity index (χ0n) is 13.8. The highest BCUT2D eigenvalue weighted by Crippen LogP contribution is 2.31. The second-order valence-corrected chi connectivity index (χ2v) is 9.22. The van der Waals surface area contributed by atoms with Gasteiger partial charge in [-0.1, -0.05) is 29.3 Å². The first-order chi connectivity index (χ1) is 12.3. The quantitative estimate of drug-likeness (QED) is 0.665. The van der Waals surface area contributed by atoms with E-state index in [1.807, 2.05) is 24.5 Å². The Hall–Kier alpha value is -1.25. The van der Waals surface area contributed by atoms with Crippen molar-refractivity contribution in [1.29, 1.82) is 0 Å². The normalized spacial score (nSPS) is 14.3. The van der Waals surface area contributed by atoms with E-state index in [2.05, 4.69) is 10.0 Å². The maximum Gasteiger partial charge on any atom is 0.257 e. The molecule has 1 aliphatic rings. The summed E-state index contributed by atoms with van der Waals surface area (Å²) in [7, 11) is -3.81. The van der Waals surface area contributed by atoms with Gasteiger partial charge in [0.05, 0.1) is 15.6 Å². The van der Waals surface area contributed by atoms with E-state index < -0.39 is 15.9 Å². The fourth-order valence-corrected chi connectivity index (χ4v) is 4.92. The van der Waals surface area contributed by atoms with Gasteiger partial charge < -0.3 is 5.32 Å². The van der Waals surface area contributed by atoms with Gasteiger partial charge in [-0.05, 0) is 49.4 Å². The molecule has 1 fully saturated rings. The highest BCUT2D eigenvalue weighted by Gasteiger charge is 2.30. The SMILES string of the molecule is CSc1cccc(NC(=O)c2cc(S(=O)(=O)NC3CC3)c(Cl)cc2Cl)c1. The number of carbonyl (C=O) groups is 1. The van der Waals surface area contributed by atoms with E-state index in [0.29, 0.717) is 5.69 Å². The molecule has 2 N–H and O–H groups in total. The third kappa shape index (κ3) is 4.53. The minimum Gasteiger partial charge on any atom is -0.322 e. The van der Waals surface area contributed by atoms with Gasteiger partial charge in [0, 0.05) is 16.6 Å². The minimum absolute atomic E-state index is 0.0240. The van der Waals surface area contributed by atoms with Crippen LogP contribution >= 0.6 is 35.0 Å². The summed E-state index contributed by atoms with van der Waals surface area (Å²) in [5, 5.41) is 2.79. The molecule has 2 aromatic carbocycles. The number of amides is 1. The second-order valence-electron chi connectivity index (χ2n) is 5.84. The number of hydrogen-bond acceptors (Lipinski definition) is 4. The Bertz CT molecular complexity index is 960. The van der Waals surface area contributed by atoms with Gasteiger partial charge >= 0.3 is 0 Å². The summed E-state index contributed by atoms with van der Waals surface area (Å²) >= 11 is 13.7. The molecule has 0 atom stereocenters. The molecule has 0 aromatic heterocycles. The predicted octanol–water partition coefficient (Wildman–Crippen LogP) is 4.41. The number of nitrogens with one attached hydrogen (secondary N) is 2. The molecule has 0 bridgehead atoms. The van der Waals surface area contributed by atoms with Gasteiger partial charge in [0.1, 0.15) is 4.90 Å². The Morgan fingerprint density at radius 2 is 1.88 bits per heavy atom. The lowest BCUT2D eigenvalue weighted by atomic mass is 10.2. The highest BCUT2D eigenvalue weighted by molar-refractivity contribution is 7.98. The van der Waals surface area contributed by atoms with Crippen LogP contribution in [0.3, 0.4) is 0 Å². The zero-order chi connectivity index (χ0) is 18.9. The summed E-state index contributed by atoms with van der Waals surface area (Å²) in [5.41, 5.74) is 0.634. The van der Waals surface area contributed by atoms with Crippen LogP contribution < -0.4 is 10.0 Å². The smallest absolute Gasteiger partial charge is 0.257 e. The van der Waals surface area contributed by atoms with Crippen LogP contribution in [0.1, 0.15) is 23.2 Å². The molecular formula is C17H16Cl2N2O3S2. The molecule has 0 radical (unpaired) electrons. The summed E-state index contributed by atoms with van der Waals surface area (Å²) in [6.45, 7) is 0. The lowest BCUT2D eigenvalue weighted by molar-refractivity contribution is 0.102. The topological polar surface area (TPSA) is 75.3 Å². The first kappa shape index (κ1) is 19.5. The molecule has 0 spiro atoms. The lowest BCUT2D eigenvalue weighted by Gasteiger charge is -2.12. The molecule has 1 saturated carbocycles. The number of benzene rings is 2. The highest BCUT2D eigenvalue weighted by atomic mass is 35.5. The van der Waals surface area contributed by atoms with Crippen molar-refractivity contribution in [3.8, 4) is 0 Å². The van der Waals surface area contributed by atoms with Crippen molar-refractivity contribution in [1.82, 2.24) is 4.72 Å². The number of sulfonamides is 1. The third-order valence-corrected chi connectivity index (χ3v) is 6.81. The molecule has 5 nitrogen and oxygen atoms in total. The van der Waals surface area contributed by atoms with E-state index in [9.17, 15) is 13.2 Å². The van der Waals surface area contributed by atoms with Crippen LogP contribution in [-0.4, -0.2) is 26.6 Å². The van der Waals surface area contributed by atoms with Gasteiger partial charge in [0.2, 0.25) is 10.0 Å². The number of carbonyl (C=O) groups excluding carboxylic acids is 1. The second kappa shape index (κ2) is 7.78. The standard InChI is InChI=1S/C17H16Cl2N2O3S2/c1-25-12-4-2-3-11(7-12)20-17(22)13-8-16(15(19)9-14(13)18)26(23,24)21-10-5-6-10/h2-4,7-10,21H,5-6H2,1H3,(H,20,22). The van der Waals surface area contributed by atoms with Crippen molar-refractivity contribution >= 4 is 56.6 Å². The monoisotopic (exact) mass is 430 g/mol. The van der Waals surface area contributed by atoms with Crippen molar-refractivity contribution in [3.63, 3.8) is 0 Å². The van der Waals surface area contributed by atoms with E-state index in [1.54, 1.807) is 17.8 Å². The summed E-state index contributed by atoms with van der Waals surface area (Å²) < 4.78 is 27.5. The summed E-state index contributed by atoms with van der Waals surface area (Å²) in [6, 6.07) is 9.72. The van der Waals surface area contributed by atoms with E-state index in [4.69, 9.17) is 23.2 Å². The Morgan fingerprint density at radius 3 is 2.54 bits per heavy atom. The molecule has 0 aliphatic heterocycles. The number of thioether (sulfide) groups is 1. The van der Waals surface area contributed by atoms with Gasteiger partial charge in [-0.25, -0.2) is 13.1 Å². The predicted molar refractivity (Wildman–Crippen MR) is 106 cm³/mol. The molecule has 9 heteroatoms. The van der Waals surface area contributed by atoms with Crippen molar-refractivity contribution in [2.45, 2.75) is 28.7 Å². The summed E-state index contributed by atoms with van der Waals surface area (Å²) in [6.07, 6.45) is 3.52. The third-order valence-electron chi connectivity index (χ3n) is 3.78. The van der Waals surface area contributed by atoms with Crippen molar-refractivity contribution in [3.05, 3.63) is 52.0 Å². The Kier molecular flexibility index (Phi) is 5.84. The van der Waals surface area contributed by atoms with Crippen LogP contribution in [0.5, 0.6) is 0 Å². The minimum atomic E-state index is -3.81. The number of halogens is 2. The molecule has 26 heavy (non-hydrogen) atoms. The van der Waals surface area contributed by atoms with Crippen molar-refractivity contribution in [2.75, 3.05) is 11.6 Å². The molecule has 138 valence electrons. The van der Waals surface area contributed by atoms with E-state index in [1.165, 1.54) is 12.1 Å². The summed E-state index contributed by atoms with van der Waals surface area (Å²) in [5.74, 6) is -0.507. The van der Waals surface area contributed by atoms with Gasteiger partial charge in [-0.3, -0.25) is 4.79 Å². The van der Waals surface area contributed by atoms with E-state index >= 15 is 0 Å². The van der Waals surface area contributed by atoms with Crippen molar-refractivity contribution < 1.29 is 13.2 Å². The van der Waals surface area contributed by atoms with Crippen molar-refractivity contribution in [2.24, 2.45) is 0 Å². The molecular weight excluding hydrogens is 415 g/mol. The van der Waals surface area contributed by atoms with Gasteiger partial charge in [0.25, 0.3) is 5.91 Å². The average Bonchev–Trinajstić information content (AvgIpc) is 3.37. The molecule has 3 rings (SSSR count). The molecule has 2 aromatic rings.